The Morgan fingerprint density at radius 3 is 2.43 bits per heavy atom. The van der Waals surface area contributed by atoms with Crippen LogP contribution in [0.15, 0.2) is 67.0 Å². The minimum atomic E-state index is -1.11. The van der Waals surface area contributed by atoms with Crippen molar-refractivity contribution in [1.82, 2.24) is 19.4 Å². The van der Waals surface area contributed by atoms with E-state index >= 15 is 0 Å². The van der Waals surface area contributed by atoms with E-state index in [1.807, 2.05) is 90.9 Å². The fraction of sp³-hybridized carbons (Fsp3) is 0.541. The lowest BCUT2D eigenvalue weighted by atomic mass is 9.80. The summed E-state index contributed by atoms with van der Waals surface area (Å²) < 4.78 is 18.8. The van der Waals surface area contributed by atoms with Gasteiger partial charge in [-0.05, 0) is 52.0 Å². The van der Waals surface area contributed by atoms with Crippen molar-refractivity contribution in [3.63, 3.8) is 0 Å². The fourth-order valence-electron chi connectivity index (χ4n) is 6.77. The molecular formula is C37H50N4O6. The van der Waals surface area contributed by atoms with E-state index in [2.05, 4.69) is 0 Å². The van der Waals surface area contributed by atoms with E-state index in [9.17, 15) is 14.7 Å². The Morgan fingerprint density at radius 2 is 1.72 bits per heavy atom. The van der Waals surface area contributed by atoms with E-state index in [0.29, 0.717) is 57.1 Å². The maximum absolute atomic E-state index is 14.6. The lowest BCUT2D eigenvalue weighted by Gasteiger charge is -2.42. The van der Waals surface area contributed by atoms with Crippen molar-refractivity contribution in [1.29, 1.82) is 0 Å². The smallest absolute Gasteiger partial charge is 0.410 e. The van der Waals surface area contributed by atoms with Crippen molar-refractivity contribution in [3.8, 4) is 11.3 Å². The van der Waals surface area contributed by atoms with Gasteiger partial charge >= 0.3 is 6.09 Å². The summed E-state index contributed by atoms with van der Waals surface area (Å²) in [5, 5.41) is 12.0. The van der Waals surface area contributed by atoms with E-state index < -0.39 is 11.2 Å². The van der Waals surface area contributed by atoms with Crippen LogP contribution < -0.4 is 0 Å². The van der Waals surface area contributed by atoms with Gasteiger partial charge in [0.15, 0.2) is 5.69 Å². The number of amides is 2. The van der Waals surface area contributed by atoms with Crippen LogP contribution in [0.25, 0.3) is 11.3 Å². The normalized spacial score (nSPS) is 21.9. The first kappa shape index (κ1) is 34.6. The van der Waals surface area contributed by atoms with Crippen LogP contribution in [0.3, 0.4) is 0 Å². The third kappa shape index (κ3) is 8.60. The summed E-state index contributed by atoms with van der Waals surface area (Å²) in [6, 6.07) is 19.2. The molecule has 10 nitrogen and oxygen atoms in total. The molecule has 2 fully saturated rings. The number of ether oxygens (including phenoxy) is 3. The predicted octanol–water partition coefficient (Wildman–Crippen LogP) is 5.75. The molecule has 0 spiro atoms. The van der Waals surface area contributed by atoms with Crippen molar-refractivity contribution in [2.45, 2.75) is 82.6 Å². The maximum Gasteiger partial charge on any atom is 0.410 e. The fourth-order valence-corrected chi connectivity index (χ4v) is 6.77. The molecule has 0 bridgehead atoms. The lowest BCUT2D eigenvalue weighted by molar-refractivity contribution is -0.100. The Labute approximate surface area is 278 Å². The summed E-state index contributed by atoms with van der Waals surface area (Å²) >= 11 is 0. The Morgan fingerprint density at radius 1 is 1.00 bits per heavy atom. The zero-order chi connectivity index (χ0) is 33.4. The number of methoxy groups -OCH3 is 1. The third-order valence-electron chi connectivity index (χ3n) is 9.04. The molecule has 2 amide bonds. The van der Waals surface area contributed by atoms with Crippen molar-refractivity contribution in [2.75, 3.05) is 46.6 Å². The van der Waals surface area contributed by atoms with Crippen LogP contribution in [0, 0.1) is 0 Å². The number of imidazole rings is 1. The number of rotatable bonds is 11. The van der Waals surface area contributed by atoms with Crippen molar-refractivity contribution in [3.05, 3.63) is 78.2 Å². The van der Waals surface area contributed by atoms with E-state index in [1.165, 1.54) is 0 Å². The minimum absolute atomic E-state index is 0.192. The summed E-state index contributed by atoms with van der Waals surface area (Å²) in [5.74, 6) is -0.192. The van der Waals surface area contributed by atoms with Crippen molar-refractivity contribution >= 4 is 12.0 Å². The molecule has 2 aromatic carbocycles. The van der Waals surface area contributed by atoms with Crippen LogP contribution in [0.4, 0.5) is 4.79 Å². The highest BCUT2D eigenvalue weighted by molar-refractivity contribution is 5.98. The van der Waals surface area contributed by atoms with E-state index in [4.69, 9.17) is 19.2 Å². The molecule has 47 heavy (non-hydrogen) atoms. The molecular weight excluding hydrogens is 596 g/mol. The lowest BCUT2D eigenvalue weighted by Crippen LogP contribution is -2.58. The molecule has 2 unspecified atom stereocenters. The highest BCUT2D eigenvalue weighted by Crippen LogP contribution is 2.41. The van der Waals surface area contributed by atoms with Crippen molar-refractivity contribution in [2.24, 2.45) is 0 Å². The Balaban J connectivity index is 1.47. The van der Waals surface area contributed by atoms with Crippen LogP contribution >= 0.6 is 0 Å². The average Bonchev–Trinajstić information content (AvgIpc) is 3.49. The zero-order valence-corrected chi connectivity index (χ0v) is 28.3. The topological polar surface area (TPSA) is 106 Å². The standard InChI is InChI=1S/C37H50N4O6/c1-36(2,3)47-35(43)39-20-21-40(30(25-39)24-28-14-7-5-8-15-28)34(42)32-33(29-16-9-6-10-17-29)41(27-38-32)31-18-11-12-19-37(31,44)26-46-23-13-22-45-4/h5-10,14-17,27,30-31,44H,11-13,18-26H2,1-4H3/t30-,31?,37?/m1/s1. The molecule has 1 aliphatic heterocycles. The first-order valence-electron chi connectivity index (χ1n) is 16.8. The molecule has 1 saturated heterocycles. The molecule has 3 atom stereocenters. The highest BCUT2D eigenvalue weighted by atomic mass is 16.6. The van der Waals surface area contributed by atoms with Gasteiger partial charge in [0.2, 0.25) is 0 Å². The van der Waals surface area contributed by atoms with Gasteiger partial charge in [-0.15, -0.1) is 0 Å². The summed E-state index contributed by atoms with van der Waals surface area (Å²) in [6.45, 7) is 7.92. The monoisotopic (exact) mass is 646 g/mol. The number of hydrogen-bond acceptors (Lipinski definition) is 7. The number of benzene rings is 2. The molecule has 0 radical (unpaired) electrons. The highest BCUT2D eigenvalue weighted by Gasteiger charge is 2.43. The number of nitrogens with zero attached hydrogens (tertiary/aromatic N) is 4. The number of aromatic nitrogens is 2. The van der Waals surface area contributed by atoms with Gasteiger partial charge in [-0.25, -0.2) is 9.78 Å². The minimum Gasteiger partial charge on any atom is -0.444 e. The maximum atomic E-state index is 14.6. The average molecular weight is 647 g/mol. The number of hydrogen-bond donors (Lipinski definition) is 1. The van der Waals surface area contributed by atoms with Gasteiger partial charge in [0.25, 0.3) is 5.91 Å². The summed E-state index contributed by atoms with van der Waals surface area (Å²) in [6.07, 6.45) is 5.87. The van der Waals surface area contributed by atoms with Gasteiger partial charge in [0.05, 0.1) is 30.7 Å². The molecule has 10 heteroatoms. The molecule has 3 aromatic rings. The third-order valence-corrected chi connectivity index (χ3v) is 9.04. The van der Waals surface area contributed by atoms with Crippen LogP contribution in [0.2, 0.25) is 0 Å². The zero-order valence-electron chi connectivity index (χ0n) is 28.3. The van der Waals surface area contributed by atoms with Gasteiger partial charge < -0.3 is 33.7 Å². The molecule has 2 aliphatic rings. The van der Waals surface area contributed by atoms with E-state index in [1.54, 1.807) is 18.3 Å². The number of carbonyl (C=O) groups excluding carboxylic acids is 2. The molecule has 254 valence electrons. The molecule has 5 rings (SSSR count). The predicted molar refractivity (Wildman–Crippen MR) is 180 cm³/mol. The van der Waals surface area contributed by atoms with E-state index in [-0.39, 0.29) is 30.7 Å². The van der Waals surface area contributed by atoms with E-state index in [0.717, 1.165) is 36.8 Å². The quantitative estimate of drug-likeness (QED) is 0.264. The molecule has 1 aromatic heterocycles. The summed E-state index contributed by atoms with van der Waals surface area (Å²) in [5.41, 5.74) is 1.24. The first-order chi connectivity index (χ1) is 22.6. The van der Waals surface area contributed by atoms with Gasteiger partial charge in [-0.2, -0.15) is 0 Å². The SMILES string of the molecule is COCCCOCC1(O)CCCCC1n1cnc(C(=O)N2CCN(C(=O)OC(C)(C)C)C[C@H]2Cc2ccccc2)c1-c1ccccc1. The Kier molecular flexibility index (Phi) is 11.4. The second-order valence-electron chi connectivity index (χ2n) is 13.7. The molecule has 1 N–H and O–H groups in total. The van der Waals surface area contributed by atoms with Crippen LogP contribution in [-0.2, 0) is 20.6 Å². The first-order valence-corrected chi connectivity index (χ1v) is 16.8. The summed E-state index contributed by atoms with van der Waals surface area (Å²) in [4.78, 5) is 36.1. The van der Waals surface area contributed by atoms with Gasteiger partial charge in [0.1, 0.15) is 11.2 Å². The number of aliphatic hydroxyl groups is 1. The Hall–Kier alpha value is -3.73. The van der Waals surface area contributed by atoms with Gasteiger partial charge in [-0.1, -0.05) is 73.5 Å². The summed E-state index contributed by atoms with van der Waals surface area (Å²) in [7, 11) is 1.67. The van der Waals surface area contributed by atoms with Gasteiger partial charge in [-0.3, -0.25) is 4.79 Å². The largest absolute Gasteiger partial charge is 0.444 e. The van der Waals surface area contributed by atoms with Crippen LogP contribution in [0.1, 0.15) is 75.0 Å². The molecule has 2 heterocycles. The van der Waals surface area contributed by atoms with Crippen LogP contribution in [0.5, 0.6) is 0 Å². The molecule has 1 saturated carbocycles. The Bertz CT molecular complexity index is 1460. The van der Waals surface area contributed by atoms with Gasteiger partial charge in [0, 0.05) is 45.5 Å². The second-order valence-corrected chi connectivity index (χ2v) is 13.7. The number of carbonyl (C=O) groups is 2. The number of piperazine rings is 1. The molecule has 1 aliphatic carbocycles. The van der Waals surface area contributed by atoms with Crippen LogP contribution in [-0.4, -0.2) is 100 Å². The van der Waals surface area contributed by atoms with Crippen molar-refractivity contribution < 1.29 is 28.9 Å². The second kappa shape index (κ2) is 15.4.